The quantitative estimate of drug-likeness (QED) is 0.371. The first kappa shape index (κ1) is 23.7. The molecule has 1 amide bonds. The summed E-state index contributed by atoms with van der Waals surface area (Å²) >= 11 is 1.43. The van der Waals surface area contributed by atoms with Gasteiger partial charge in [0.25, 0.3) is 5.91 Å². The molecular weight excluding hydrogens is 451 g/mol. The van der Waals surface area contributed by atoms with Crippen LogP contribution in [-0.4, -0.2) is 18.0 Å². The molecule has 3 aromatic rings. The number of benzene rings is 3. The molecule has 5 nitrogen and oxygen atoms in total. The van der Waals surface area contributed by atoms with Crippen molar-refractivity contribution >= 4 is 29.4 Å². The molecule has 1 aliphatic heterocycles. The van der Waals surface area contributed by atoms with Crippen LogP contribution < -0.4 is 20.1 Å². The Balaban J connectivity index is 1.45. The zero-order valence-electron chi connectivity index (χ0n) is 19.1. The van der Waals surface area contributed by atoms with Crippen molar-refractivity contribution in [2.75, 3.05) is 11.9 Å². The maximum Gasteiger partial charge on any atom is 0.260 e. The van der Waals surface area contributed by atoms with E-state index in [1.807, 2.05) is 37.3 Å². The van der Waals surface area contributed by atoms with Gasteiger partial charge in [-0.3, -0.25) is 4.79 Å². The Morgan fingerprint density at radius 2 is 1.82 bits per heavy atom. The Morgan fingerprint density at radius 3 is 2.56 bits per heavy atom. The number of halogens is 1. The number of anilines is 1. The SMILES string of the molecule is CCOc1cc(C=C2SC(Nc3ccc(CC)cc3)NC2=O)ccc1OCc1ccccc1F. The molecule has 0 saturated carbocycles. The molecule has 0 spiro atoms. The van der Waals surface area contributed by atoms with Gasteiger partial charge in [-0.25, -0.2) is 4.39 Å². The molecule has 7 heteroatoms. The highest BCUT2D eigenvalue weighted by Gasteiger charge is 2.27. The van der Waals surface area contributed by atoms with Crippen molar-refractivity contribution in [2.24, 2.45) is 0 Å². The minimum Gasteiger partial charge on any atom is -0.490 e. The zero-order chi connectivity index (χ0) is 23.9. The predicted octanol–water partition coefficient (Wildman–Crippen LogP) is 5.97. The summed E-state index contributed by atoms with van der Waals surface area (Å²) in [4.78, 5) is 13.1. The van der Waals surface area contributed by atoms with Crippen LogP contribution in [0.4, 0.5) is 10.1 Å². The van der Waals surface area contributed by atoms with Crippen molar-refractivity contribution in [2.45, 2.75) is 32.4 Å². The third-order valence-electron chi connectivity index (χ3n) is 5.30. The van der Waals surface area contributed by atoms with Crippen LogP contribution in [0.5, 0.6) is 11.5 Å². The lowest BCUT2D eigenvalue weighted by atomic mass is 10.1. The highest BCUT2D eigenvalue weighted by atomic mass is 32.2. The molecule has 34 heavy (non-hydrogen) atoms. The topological polar surface area (TPSA) is 59.6 Å². The number of ether oxygens (including phenoxy) is 2. The second-order valence-corrected chi connectivity index (χ2v) is 8.84. The van der Waals surface area contributed by atoms with E-state index in [0.717, 1.165) is 17.7 Å². The molecule has 1 heterocycles. The summed E-state index contributed by atoms with van der Waals surface area (Å²) < 4.78 is 25.5. The van der Waals surface area contributed by atoms with Crippen LogP contribution in [0.25, 0.3) is 6.08 Å². The molecule has 1 atom stereocenters. The summed E-state index contributed by atoms with van der Waals surface area (Å²) in [5.74, 6) is 0.620. The van der Waals surface area contributed by atoms with Crippen LogP contribution in [0.2, 0.25) is 0 Å². The van der Waals surface area contributed by atoms with Crippen molar-refractivity contribution in [3.8, 4) is 11.5 Å². The average Bonchev–Trinajstić information content (AvgIpc) is 3.18. The molecule has 1 fully saturated rings. The first-order chi connectivity index (χ1) is 16.6. The molecule has 176 valence electrons. The van der Waals surface area contributed by atoms with Gasteiger partial charge in [0.15, 0.2) is 17.0 Å². The standard InChI is InChI=1S/C27H27FN2O3S/c1-3-18-9-12-21(13-10-18)29-27-30-26(31)25(34-27)16-19-11-14-23(24(15-19)32-4-2)33-17-20-7-5-6-8-22(20)28/h5-16,27,29H,3-4,17H2,1-2H3,(H,30,31). The second kappa shape index (κ2) is 11.1. The van der Waals surface area contributed by atoms with E-state index >= 15 is 0 Å². The van der Waals surface area contributed by atoms with Gasteiger partial charge in [0.2, 0.25) is 0 Å². The number of rotatable bonds is 9. The Morgan fingerprint density at radius 1 is 1.03 bits per heavy atom. The van der Waals surface area contributed by atoms with Crippen LogP contribution >= 0.6 is 11.8 Å². The van der Waals surface area contributed by atoms with Crippen LogP contribution in [0.3, 0.4) is 0 Å². The number of aryl methyl sites for hydroxylation is 1. The van der Waals surface area contributed by atoms with Gasteiger partial charge in [0.05, 0.1) is 11.5 Å². The van der Waals surface area contributed by atoms with Gasteiger partial charge in [0.1, 0.15) is 12.4 Å². The summed E-state index contributed by atoms with van der Waals surface area (Å²) in [7, 11) is 0. The van der Waals surface area contributed by atoms with Gasteiger partial charge in [-0.2, -0.15) is 0 Å². The molecule has 1 unspecified atom stereocenters. The van der Waals surface area contributed by atoms with Gasteiger partial charge in [-0.05, 0) is 60.9 Å². The number of carbonyl (C=O) groups is 1. The van der Waals surface area contributed by atoms with Gasteiger partial charge in [-0.15, -0.1) is 0 Å². The van der Waals surface area contributed by atoms with E-state index in [9.17, 15) is 9.18 Å². The molecule has 3 aromatic carbocycles. The van der Waals surface area contributed by atoms with Crippen molar-refractivity contribution in [3.63, 3.8) is 0 Å². The molecule has 1 saturated heterocycles. The fraction of sp³-hybridized carbons (Fsp3) is 0.222. The van der Waals surface area contributed by atoms with Crippen LogP contribution in [0.1, 0.15) is 30.5 Å². The minimum atomic E-state index is -0.310. The van der Waals surface area contributed by atoms with E-state index in [1.165, 1.54) is 23.4 Å². The van der Waals surface area contributed by atoms with E-state index in [0.29, 0.717) is 28.6 Å². The van der Waals surface area contributed by atoms with Crippen LogP contribution in [0, 0.1) is 5.82 Å². The lowest BCUT2D eigenvalue weighted by Crippen LogP contribution is -2.30. The number of thioether (sulfide) groups is 1. The molecule has 0 radical (unpaired) electrons. The van der Waals surface area contributed by atoms with Gasteiger partial charge in [-0.1, -0.05) is 55.1 Å². The summed E-state index contributed by atoms with van der Waals surface area (Å²) in [5, 5.41) is 6.28. The number of nitrogens with one attached hydrogen (secondary N) is 2. The van der Waals surface area contributed by atoms with Gasteiger partial charge < -0.3 is 20.1 Å². The number of carbonyl (C=O) groups excluding carboxylic acids is 1. The largest absolute Gasteiger partial charge is 0.490 e. The number of hydrogen-bond donors (Lipinski definition) is 2. The lowest BCUT2D eigenvalue weighted by molar-refractivity contribution is -0.116. The maximum atomic E-state index is 13.9. The molecule has 0 aliphatic carbocycles. The Labute approximate surface area is 203 Å². The molecule has 0 aromatic heterocycles. The number of hydrogen-bond acceptors (Lipinski definition) is 5. The van der Waals surface area contributed by atoms with Crippen molar-refractivity contribution in [3.05, 3.63) is 94.1 Å². The summed E-state index contributed by atoms with van der Waals surface area (Å²) in [6, 6.07) is 20.1. The normalized spacial score (nSPS) is 16.4. The summed E-state index contributed by atoms with van der Waals surface area (Å²) in [5.41, 5.74) is 3.25. The van der Waals surface area contributed by atoms with E-state index < -0.39 is 0 Å². The second-order valence-electron chi connectivity index (χ2n) is 7.69. The molecule has 0 bridgehead atoms. The first-order valence-electron chi connectivity index (χ1n) is 11.2. The maximum absolute atomic E-state index is 13.9. The number of amides is 1. The fourth-order valence-corrected chi connectivity index (χ4v) is 4.46. The Bertz CT molecular complexity index is 1180. The van der Waals surface area contributed by atoms with Gasteiger partial charge >= 0.3 is 0 Å². The monoisotopic (exact) mass is 478 g/mol. The third kappa shape index (κ3) is 5.91. The Hall–Kier alpha value is -3.45. The predicted molar refractivity (Wildman–Crippen MR) is 135 cm³/mol. The van der Waals surface area contributed by atoms with E-state index in [2.05, 4.69) is 29.7 Å². The zero-order valence-corrected chi connectivity index (χ0v) is 20.0. The van der Waals surface area contributed by atoms with E-state index in [1.54, 1.807) is 24.3 Å². The smallest absolute Gasteiger partial charge is 0.260 e. The van der Waals surface area contributed by atoms with Crippen molar-refractivity contribution < 1.29 is 18.7 Å². The molecule has 1 aliphatic rings. The van der Waals surface area contributed by atoms with Crippen molar-refractivity contribution in [1.29, 1.82) is 0 Å². The fourth-order valence-electron chi connectivity index (χ4n) is 3.48. The molecular formula is C27H27FN2O3S. The van der Waals surface area contributed by atoms with Crippen molar-refractivity contribution in [1.82, 2.24) is 5.32 Å². The average molecular weight is 479 g/mol. The van der Waals surface area contributed by atoms with Crippen LogP contribution in [-0.2, 0) is 17.8 Å². The summed E-state index contributed by atoms with van der Waals surface area (Å²) in [6.07, 6.45) is 2.81. The highest BCUT2D eigenvalue weighted by Crippen LogP contribution is 2.34. The van der Waals surface area contributed by atoms with Gasteiger partial charge in [0, 0.05) is 11.3 Å². The third-order valence-corrected chi connectivity index (χ3v) is 6.33. The lowest BCUT2D eigenvalue weighted by Gasteiger charge is -2.13. The van der Waals surface area contributed by atoms with E-state index in [4.69, 9.17) is 9.47 Å². The van der Waals surface area contributed by atoms with E-state index in [-0.39, 0.29) is 23.8 Å². The summed E-state index contributed by atoms with van der Waals surface area (Å²) in [6.45, 7) is 4.55. The molecule has 4 rings (SSSR count). The Kier molecular flexibility index (Phi) is 7.75. The van der Waals surface area contributed by atoms with Crippen LogP contribution in [0.15, 0.2) is 71.6 Å². The first-order valence-corrected chi connectivity index (χ1v) is 12.1. The minimum absolute atomic E-state index is 0.0953. The molecule has 2 N–H and O–H groups in total. The highest BCUT2D eigenvalue weighted by molar-refractivity contribution is 8.05.